The van der Waals surface area contributed by atoms with Gasteiger partial charge in [-0.1, -0.05) is 34.7 Å². The second kappa shape index (κ2) is 7.83. The second-order valence-electron chi connectivity index (χ2n) is 5.71. The third kappa shape index (κ3) is 4.05. The van der Waals surface area contributed by atoms with Gasteiger partial charge in [0.1, 0.15) is 10.7 Å². The fourth-order valence-electron chi connectivity index (χ4n) is 2.36. The van der Waals surface area contributed by atoms with Gasteiger partial charge >= 0.3 is 0 Å². The van der Waals surface area contributed by atoms with Crippen molar-refractivity contribution >= 4 is 39.8 Å². The molecule has 6 nitrogen and oxygen atoms in total. The molecule has 0 aliphatic carbocycles. The molecule has 0 saturated carbocycles. The van der Waals surface area contributed by atoms with Crippen molar-refractivity contribution in [2.24, 2.45) is 0 Å². The highest BCUT2D eigenvalue weighted by molar-refractivity contribution is 7.19. The normalized spacial score (nSPS) is 11.2. The van der Waals surface area contributed by atoms with Crippen LogP contribution in [0, 0.1) is 12.7 Å². The molecule has 0 aliphatic rings. The van der Waals surface area contributed by atoms with Crippen LogP contribution < -0.4 is 5.32 Å². The topological polar surface area (TPSA) is 80.9 Å². The first kappa shape index (κ1) is 18.2. The van der Waals surface area contributed by atoms with Crippen LogP contribution in [0.5, 0.6) is 0 Å². The minimum atomic E-state index is -0.338. The highest BCUT2D eigenvalue weighted by atomic mass is 32.1. The van der Waals surface area contributed by atoms with Crippen molar-refractivity contribution in [3.05, 3.63) is 64.9 Å². The molecule has 3 aromatic heterocycles. The van der Waals surface area contributed by atoms with Gasteiger partial charge in [-0.2, -0.15) is 4.98 Å². The summed E-state index contributed by atoms with van der Waals surface area (Å²) in [7, 11) is 0. The number of carbonyl (C=O) groups excluding carboxylic acids is 1. The van der Waals surface area contributed by atoms with E-state index in [9.17, 15) is 9.18 Å². The number of amides is 1. The van der Waals surface area contributed by atoms with Gasteiger partial charge in [0.05, 0.1) is 10.6 Å². The van der Waals surface area contributed by atoms with E-state index in [0.717, 1.165) is 10.4 Å². The molecule has 28 heavy (non-hydrogen) atoms. The average Bonchev–Trinajstić information content (AvgIpc) is 3.41. The second-order valence-corrected chi connectivity index (χ2v) is 7.65. The van der Waals surface area contributed by atoms with E-state index in [1.165, 1.54) is 40.9 Å². The first-order valence-corrected chi connectivity index (χ1v) is 9.88. The Bertz CT molecular complexity index is 1130. The van der Waals surface area contributed by atoms with E-state index in [1.54, 1.807) is 18.2 Å². The van der Waals surface area contributed by atoms with Gasteiger partial charge in [0.15, 0.2) is 5.13 Å². The van der Waals surface area contributed by atoms with Gasteiger partial charge in [0.2, 0.25) is 11.7 Å². The van der Waals surface area contributed by atoms with Crippen LogP contribution in [0.4, 0.5) is 9.52 Å². The minimum Gasteiger partial charge on any atom is -0.333 e. The molecular formula is C19H13FN4O2S2. The number of benzene rings is 1. The summed E-state index contributed by atoms with van der Waals surface area (Å²) < 4.78 is 18.3. The van der Waals surface area contributed by atoms with Gasteiger partial charge in [0, 0.05) is 6.08 Å². The maximum atomic E-state index is 12.9. The Balaban J connectivity index is 1.47. The van der Waals surface area contributed by atoms with E-state index in [-0.39, 0.29) is 11.7 Å². The van der Waals surface area contributed by atoms with Gasteiger partial charge in [-0.25, -0.2) is 9.37 Å². The van der Waals surface area contributed by atoms with Gasteiger partial charge in [-0.05, 0) is 42.1 Å². The Kier molecular flexibility index (Phi) is 5.09. The van der Waals surface area contributed by atoms with Crippen molar-refractivity contribution < 1.29 is 13.7 Å². The zero-order valence-corrected chi connectivity index (χ0v) is 16.2. The Morgan fingerprint density at radius 3 is 2.79 bits per heavy atom. The molecule has 0 fully saturated rings. The van der Waals surface area contributed by atoms with E-state index in [2.05, 4.69) is 20.4 Å². The zero-order chi connectivity index (χ0) is 19.5. The first-order valence-electron chi connectivity index (χ1n) is 8.18. The molecule has 0 saturated heterocycles. The van der Waals surface area contributed by atoms with Crippen LogP contribution >= 0.6 is 22.7 Å². The number of anilines is 1. The predicted molar refractivity (Wildman–Crippen MR) is 108 cm³/mol. The molecule has 1 aromatic carbocycles. The van der Waals surface area contributed by atoms with Gasteiger partial charge in [-0.3, -0.25) is 10.1 Å². The molecule has 0 aliphatic heterocycles. The summed E-state index contributed by atoms with van der Waals surface area (Å²) in [6.45, 7) is 1.81. The average molecular weight is 412 g/mol. The maximum Gasteiger partial charge on any atom is 0.270 e. The van der Waals surface area contributed by atoms with Crippen molar-refractivity contribution in [1.29, 1.82) is 0 Å². The predicted octanol–water partition coefficient (Wildman–Crippen LogP) is 5.02. The molecule has 1 amide bonds. The lowest BCUT2D eigenvalue weighted by molar-refractivity contribution is -0.111. The minimum absolute atomic E-state index is 0.323. The summed E-state index contributed by atoms with van der Waals surface area (Å²) in [4.78, 5) is 22.5. The molecule has 140 valence electrons. The van der Waals surface area contributed by atoms with Crippen molar-refractivity contribution in [3.8, 4) is 21.5 Å². The Labute approximate surface area is 167 Å². The van der Waals surface area contributed by atoms with Crippen molar-refractivity contribution in [2.45, 2.75) is 6.92 Å². The van der Waals surface area contributed by atoms with Crippen LogP contribution in [0.25, 0.3) is 27.5 Å². The maximum absolute atomic E-state index is 12.9. The number of hydrogen-bond acceptors (Lipinski definition) is 7. The fraction of sp³-hybridized carbons (Fsp3) is 0.0526. The summed E-state index contributed by atoms with van der Waals surface area (Å²) in [5.41, 5.74) is 1.41. The lowest BCUT2D eigenvalue weighted by Crippen LogP contribution is -2.07. The molecule has 1 N–H and O–H groups in total. The molecule has 0 atom stereocenters. The Morgan fingerprint density at radius 1 is 1.21 bits per heavy atom. The van der Waals surface area contributed by atoms with Crippen molar-refractivity contribution in [1.82, 2.24) is 15.1 Å². The number of halogens is 1. The van der Waals surface area contributed by atoms with E-state index >= 15 is 0 Å². The number of aryl methyl sites for hydroxylation is 1. The van der Waals surface area contributed by atoms with Crippen LogP contribution in [-0.2, 0) is 4.79 Å². The summed E-state index contributed by atoms with van der Waals surface area (Å²) in [5, 5.41) is 9.07. The van der Waals surface area contributed by atoms with Crippen LogP contribution in [-0.4, -0.2) is 21.0 Å². The van der Waals surface area contributed by atoms with E-state index in [1.807, 2.05) is 24.4 Å². The summed E-state index contributed by atoms with van der Waals surface area (Å²) in [6, 6.07) is 9.68. The Morgan fingerprint density at radius 2 is 2.04 bits per heavy atom. The van der Waals surface area contributed by atoms with E-state index in [4.69, 9.17) is 4.52 Å². The summed E-state index contributed by atoms with van der Waals surface area (Å²) in [6.07, 6.45) is 2.96. The fourth-order valence-corrected chi connectivity index (χ4v) is 3.90. The first-order chi connectivity index (χ1) is 13.6. The largest absolute Gasteiger partial charge is 0.333 e. The Hall–Kier alpha value is -3.17. The van der Waals surface area contributed by atoms with Crippen molar-refractivity contribution in [2.75, 3.05) is 5.32 Å². The highest BCUT2D eigenvalue weighted by Gasteiger charge is 2.18. The van der Waals surface area contributed by atoms with Gasteiger partial charge < -0.3 is 4.52 Å². The molecule has 3 heterocycles. The lowest BCUT2D eigenvalue weighted by Gasteiger charge is -1.96. The lowest BCUT2D eigenvalue weighted by atomic mass is 10.2. The number of hydrogen-bond donors (Lipinski definition) is 1. The van der Waals surface area contributed by atoms with Crippen molar-refractivity contribution in [3.63, 3.8) is 0 Å². The van der Waals surface area contributed by atoms with E-state index < -0.39 is 0 Å². The third-order valence-electron chi connectivity index (χ3n) is 3.69. The van der Waals surface area contributed by atoms with Gasteiger partial charge in [0.25, 0.3) is 5.89 Å². The molecule has 4 rings (SSSR count). The van der Waals surface area contributed by atoms with Gasteiger partial charge in [-0.15, -0.1) is 11.3 Å². The molecule has 0 unspecified atom stereocenters. The number of aromatic nitrogens is 3. The van der Waals surface area contributed by atoms with Crippen LogP contribution in [0.3, 0.4) is 0 Å². The number of thiazole rings is 1. The molecule has 0 bridgehead atoms. The number of rotatable bonds is 5. The monoisotopic (exact) mass is 412 g/mol. The number of nitrogens with one attached hydrogen (secondary N) is 1. The zero-order valence-electron chi connectivity index (χ0n) is 14.5. The molecule has 0 spiro atoms. The quantitative estimate of drug-likeness (QED) is 0.466. The van der Waals surface area contributed by atoms with Crippen LogP contribution in [0.15, 0.2) is 52.4 Å². The standard InChI is InChI=1S/C19H13FN4O2S2/c1-11-16(18-23-17(24-26-18)14-3-2-10-27-14)28-19(21-11)22-15(25)9-6-12-4-7-13(20)8-5-12/h2-10H,1H3,(H,21,22,25)/b9-6+. The third-order valence-corrected chi connectivity index (χ3v) is 5.61. The smallest absolute Gasteiger partial charge is 0.270 e. The number of carbonyl (C=O) groups is 1. The number of nitrogens with zero attached hydrogens (tertiary/aromatic N) is 3. The number of thiophene rings is 1. The highest BCUT2D eigenvalue weighted by Crippen LogP contribution is 2.33. The summed E-state index contributed by atoms with van der Waals surface area (Å²) in [5.74, 6) is 0.219. The summed E-state index contributed by atoms with van der Waals surface area (Å²) >= 11 is 2.78. The molecule has 9 heteroatoms. The van der Waals surface area contributed by atoms with E-state index in [0.29, 0.717) is 27.4 Å². The molecule has 0 radical (unpaired) electrons. The molecule has 4 aromatic rings. The van der Waals surface area contributed by atoms with Crippen LogP contribution in [0.2, 0.25) is 0 Å². The van der Waals surface area contributed by atoms with Crippen LogP contribution in [0.1, 0.15) is 11.3 Å². The molecular weight excluding hydrogens is 399 g/mol. The SMILES string of the molecule is Cc1nc(NC(=O)/C=C/c2ccc(F)cc2)sc1-c1nc(-c2cccs2)no1.